The number of benzene rings is 1. The van der Waals surface area contributed by atoms with E-state index in [1.807, 2.05) is 12.1 Å². The Balaban J connectivity index is 1.54. The fourth-order valence-corrected chi connectivity index (χ4v) is 7.42. The van der Waals surface area contributed by atoms with Gasteiger partial charge in [0.2, 0.25) is 0 Å². The summed E-state index contributed by atoms with van der Waals surface area (Å²) in [5.74, 6) is 0.325. The summed E-state index contributed by atoms with van der Waals surface area (Å²) in [5.41, 5.74) is 2.61. The SMILES string of the molecule is CCCCCCCCC1=CC2(Sc3cc(CCCCCCCC)ccc3O)SC2(O)C=C1. The van der Waals surface area contributed by atoms with Crippen molar-refractivity contribution in [1.29, 1.82) is 0 Å². The molecule has 1 aromatic carbocycles. The Hall–Kier alpha value is -0.840. The summed E-state index contributed by atoms with van der Waals surface area (Å²) in [6.45, 7) is 4.51. The average Bonchev–Trinajstić information content (AvgIpc) is 3.39. The summed E-state index contributed by atoms with van der Waals surface area (Å²) in [7, 11) is 0. The van der Waals surface area contributed by atoms with Crippen LogP contribution in [0.15, 0.2) is 46.9 Å². The molecule has 0 bridgehead atoms. The lowest BCUT2D eigenvalue weighted by molar-refractivity contribution is 0.221. The Labute approximate surface area is 204 Å². The van der Waals surface area contributed by atoms with Gasteiger partial charge in [-0.05, 0) is 55.0 Å². The summed E-state index contributed by atoms with van der Waals surface area (Å²) in [6, 6.07) is 6.02. The van der Waals surface area contributed by atoms with Crippen LogP contribution in [-0.4, -0.2) is 19.2 Å². The fraction of sp³-hybridized carbons (Fsp3) is 0.643. The van der Waals surface area contributed by atoms with E-state index in [2.05, 4.69) is 38.1 Å². The first-order valence-corrected chi connectivity index (χ1v) is 14.5. The minimum atomic E-state index is -0.843. The molecule has 2 aliphatic rings. The van der Waals surface area contributed by atoms with Gasteiger partial charge in [0.05, 0.1) is 4.90 Å². The van der Waals surface area contributed by atoms with Gasteiger partial charge in [0.1, 0.15) is 9.83 Å². The number of fused-ring (bicyclic) bond motifs is 1. The van der Waals surface area contributed by atoms with Crippen molar-refractivity contribution in [2.24, 2.45) is 0 Å². The number of aryl methyl sites for hydroxylation is 1. The highest BCUT2D eigenvalue weighted by molar-refractivity contribution is 8.26. The van der Waals surface area contributed by atoms with Gasteiger partial charge in [-0.3, -0.25) is 0 Å². The molecule has 1 saturated heterocycles. The molecule has 1 aromatic rings. The molecule has 3 rings (SSSR count). The van der Waals surface area contributed by atoms with Gasteiger partial charge in [-0.25, -0.2) is 0 Å². The molecule has 0 amide bonds. The third-order valence-corrected chi connectivity index (χ3v) is 9.79. The second kappa shape index (κ2) is 12.6. The number of unbranched alkanes of at least 4 members (excludes halogenated alkanes) is 10. The van der Waals surface area contributed by atoms with E-state index >= 15 is 0 Å². The van der Waals surface area contributed by atoms with E-state index in [0.717, 1.165) is 17.7 Å². The van der Waals surface area contributed by atoms with E-state index in [-0.39, 0.29) is 0 Å². The average molecular weight is 475 g/mol. The number of phenolic OH excluding ortho intramolecular Hbond substituents is 1. The first-order chi connectivity index (χ1) is 15.5. The van der Waals surface area contributed by atoms with E-state index in [9.17, 15) is 10.2 Å². The number of phenols is 1. The molecule has 178 valence electrons. The summed E-state index contributed by atoms with van der Waals surface area (Å²) in [5, 5.41) is 21.5. The van der Waals surface area contributed by atoms with Crippen LogP contribution in [0.2, 0.25) is 0 Å². The number of hydrogen-bond acceptors (Lipinski definition) is 4. The molecule has 4 heteroatoms. The van der Waals surface area contributed by atoms with Gasteiger partial charge in [0.15, 0.2) is 4.93 Å². The largest absolute Gasteiger partial charge is 0.507 e. The van der Waals surface area contributed by atoms with Crippen molar-refractivity contribution in [2.45, 2.75) is 118 Å². The van der Waals surface area contributed by atoms with Gasteiger partial charge >= 0.3 is 0 Å². The molecule has 0 radical (unpaired) electrons. The number of hydrogen-bond donors (Lipinski definition) is 2. The van der Waals surface area contributed by atoms with Gasteiger partial charge < -0.3 is 10.2 Å². The minimum absolute atomic E-state index is 0.325. The van der Waals surface area contributed by atoms with Crippen LogP contribution in [0.25, 0.3) is 0 Å². The maximum atomic E-state index is 11.0. The van der Waals surface area contributed by atoms with E-state index in [4.69, 9.17) is 0 Å². The number of aromatic hydroxyl groups is 1. The van der Waals surface area contributed by atoms with Crippen LogP contribution in [0.4, 0.5) is 0 Å². The highest BCUT2D eigenvalue weighted by Crippen LogP contribution is 2.73. The Bertz CT molecular complexity index is 788. The topological polar surface area (TPSA) is 40.5 Å². The van der Waals surface area contributed by atoms with Crippen molar-refractivity contribution in [1.82, 2.24) is 0 Å². The zero-order valence-corrected chi connectivity index (χ0v) is 21.7. The lowest BCUT2D eigenvalue weighted by Crippen LogP contribution is -2.21. The van der Waals surface area contributed by atoms with E-state index in [1.165, 1.54) is 88.2 Å². The molecule has 1 fully saturated rings. The minimum Gasteiger partial charge on any atom is -0.507 e. The smallest absolute Gasteiger partial charge is 0.159 e. The molecular weight excluding hydrogens is 432 g/mol. The molecule has 1 aliphatic heterocycles. The van der Waals surface area contributed by atoms with Crippen molar-refractivity contribution < 1.29 is 10.2 Å². The summed E-state index contributed by atoms with van der Waals surface area (Å²) >= 11 is 3.21. The molecule has 32 heavy (non-hydrogen) atoms. The van der Waals surface area contributed by atoms with Gasteiger partial charge in [-0.2, -0.15) is 0 Å². The molecule has 0 aromatic heterocycles. The number of thioether (sulfide) groups is 2. The monoisotopic (exact) mass is 474 g/mol. The summed E-state index contributed by atoms with van der Waals surface area (Å²) in [4.78, 5) is 0.0478. The zero-order valence-electron chi connectivity index (χ0n) is 20.1. The maximum absolute atomic E-state index is 11.0. The van der Waals surface area contributed by atoms with Gasteiger partial charge in [-0.1, -0.05) is 120 Å². The predicted molar refractivity (Wildman–Crippen MR) is 142 cm³/mol. The highest BCUT2D eigenvalue weighted by Gasteiger charge is 2.68. The van der Waals surface area contributed by atoms with E-state index in [0.29, 0.717) is 5.75 Å². The summed E-state index contributed by atoms with van der Waals surface area (Å²) < 4.78 is -0.393. The van der Waals surface area contributed by atoms with E-state index < -0.39 is 9.01 Å². The predicted octanol–water partition coefficient (Wildman–Crippen LogP) is 8.77. The van der Waals surface area contributed by atoms with Crippen LogP contribution in [0, 0.1) is 0 Å². The Kier molecular flexibility index (Phi) is 10.1. The Morgan fingerprint density at radius 1 is 0.844 bits per heavy atom. The lowest BCUT2D eigenvalue weighted by Gasteiger charge is -2.20. The molecule has 0 saturated carbocycles. The van der Waals surface area contributed by atoms with Crippen LogP contribution < -0.4 is 0 Å². The lowest BCUT2D eigenvalue weighted by atomic mass is 9.99. The standard InChI is InChI=1S/C28H42O2S2/c1-3-5-7-9-11-13-15-23-17-18-25(29)26(21-23)31-28-22-24(19-20-27(28,30)32-28)16-14-12-10-8-6-4-2/h17-22,29-30H,3-16H2,1-2H3. The number of allylic oxidation sites excluding steroid dienone is 2. The molecular formula is C28H42O2S2. The molecule has 1 aliphatic carbocycles. The Morgan fingerprint density at radius 2 is 1.47 bits per heavy atom. The molecule has 1 heterocycles. The molecule has 2 nitrogen and oxygen atoms in total. The van der Waals surface area contributed by atoms with Gasteiger partial charge in [0, 0.05) is 0 Å². The third kappa shape index (κ3) is 7.08. The fourth-order valence-electron chi connectivity index (χ4n) is 4.46. The second-order valence-corrected chi connectivity index (χ2v) is 12.5. The van der Waals surface area contributed by atoms with Gasteiger partial charge in [-0.15, -0.1) is 0 Å². The summed E-state index contributed by atoms with van der Waals surface area (Å²) in [6.07, 6.45) is 24.0. The van der Waals surface area contributed by atoms with Crippen LogP contribution >= 0.6 is 23.5 Å². The van der Waals surface area contributed by atoms with Crippen LogP contribution in [0.1, 0.15) is 103 Å². The second-order valence-electron chi connectivity index (χ2n) is 9.46. The number of aliphatic hydroxyl groups is 1. The van der Waals surface area contributed by atoms with E-state index in [1.54, 1.807) is 23.5 Å². The molecule has 2 atom stereocenters. The van der Waals surface area contributed by atoms with Crippen molar-refractivity contribution in [2.75, 3.05) is 0 Å². The van der Waals surface area contributed by atoms with Crippen molar-refractivity contribution in [3.05, 3.63) is 47.6 Å². The van der Waals surface area contributed by atoms with Crippen LogP contribution in [-0.2, 0) is 6.42 Å². The maximum Gasteiger partial charge on any atom is 0.159 e. The van der Waals surface area contributed by atoms with Gasteiger partial charge in [0.25, 0.3) is 0 Å². The first kappa shape index (κ1) is 25.8. The molecule has 2 unspecified atom stereocenters. The van der Waals surface area contributed by atoms with Crippen molar-refractivity contribution in [3.8, 4) is 5.75 Å². The quantitative estimate of drug-likeness (QED) is 0.185. The molecule has 2 N–H and O–H groups in total. The molecule has 0 spiro atoms. The highest BCUT2D eigenvalue weighted by atomic mass is 32.2. The third-order valence-electron chi connectivity index (χ3n) is 6.59. The van der Waals surface area contributed by atoms with Crippen molar-refractivity contribution >= 4 is 23.5 Å². The van der Waals surface area contributed by atoms with Crippen LogP contribution in [0.5, 0.6) is 5.75 Å². The van der Waals surface area contributed by atoms with Crippen molar-refractivity contribution in [3.63, 3.8) is 0 Å². The van der Waals surface area contributed by atoms with Crippen LogP contribution in [0.3, 0.4) is 0 Å². The first-order valence-electron chi connectivity index (χ1n) is 12.9. The Morgan fingerprint density at radius 3 is 2.16 bits per heavy atom. The normalized spacial score (nSPS) is 23.8. The zero-order chi connectivity index (χ0) is 22.9. The number of rotatable bonds is 16.